The quantitative estimate of drug-likeness (QED) is 0.859. The number of rotatable bonds is 6. The summed E-state index contributed by atoms with van der Waals surface area (Å²) < 4.78 is 15.5. The normalized spacial score (nSPS) is 13.6. The molecule has 2 unspecified atom stereocenters. The molecule has 2 N–H and O–H groups in total. The van der Waals surface area contributed by atoms with E-state index in [4.69, 9.17) is 0 Å². The maximum absolute atomic E-state index is 14.1. The van der Waals surface area contributed by atoms with E-state index in [1.807, 2.05) is 13.8 Å². The Morgan fingerprint density at radius 1 is 1.50 bits per heavy atom. The van der Waals surface area contributed by atoms with Crippen LogP contribution in [0.4, 0.5) is 4.39 Å². The molecule has 0 radical (unpaired) electrons. The molecule has 22 heavy (non-hydrogen) atoms. The number of nitrogens with one attached hydrogen (secondary N) is 1. The van der Waals surface area contributed by atoms with E-state index in [0.29, 0.717) is 0 Å². The zero-order valence-electron chi connectivity index (χ0n) is 12.7. The molecule has 0 fully saturated rings. The molecule has 2 rings (SSSR count). The number of benzene rings is 1. The van der Waals surface area contributed by atoms with Gasteiger partial charge in [0.25, 0.3) is 5.91 Å². The third-order valence-electron chi connectivity index (χ3n) is 3.73. The largest absolute Gasteiger partial charge is 0.391 e. The van der Waals surface area contributed by atoms with Crippen LogP contribution in [0, 0.1) is 11.7 Å². The first-order valence-electron chi connectivity index (χ1n) is 7.28. The lowest BCUT2D eigenvalue weighted by atomic mass is 10.0. The average Bonchev–Trinajstić information content (AvgIpc) is 3.05. The Labute approximate surface area is 128 Å². The van der Waals surface area contributed by atoms with Crippen molar-refractivity contribution >= 4 is 5.91 Å². The van der Waals surface area contributed by atoms with Crippen LogP contribution in [0.1, 0.15) is 30.6 Å². The Kier molecular flexibility index (Phi) is 5.27. The zero-order chi connectivity index (χ0) is 16.1. The van der Waals surface area contributed by atoms with Gasteiger partial charge in [-0.3, -0.25) is 4.79 Å². The molecule has 0 saturated carbocycles. The van der Waals surface area contributed by atoms with Gasteiger partial charge in [0.15, 0.2) is 0 Å². The number of carbonyl (C=O) groups is 1. The van der Waals surface area contributed by atoms with E-state index in [1.165, 1.54) is 22.9 Å². The Balaban J connectivity index is 2.04. The lowest BCUT2D eigenvalue weighted by molar-refractivity contribution is 0.0850. The molecular weight excluding hydrogens is 285 g/mol. The lowest BCUT2D eigenvalue weighted by Gasteiger charge is -2.17. The van der Waals surface area contributed by atoms with Crippen molar-refractivity contribution in [2.75, 3.05) is 6.54 Å². The van der Waals surface area contributed by atoms with Crippen molar-refractivity contribution in [3.8, 4) is 5.69 Å². The van der Waals surface area contributed by atoms with Gasteiger partial charge in [0.1, 0.15) is 11.5 Å². The molecule has 0 spiro atoms. The van der Waals surface area contributed by atoms with Crippen molar-refractivity contribution < 1.29 is 14.3 Å². The summed E-state index contributed by atoms with van der Waals surface area (Å²) in [4.78, 5) is 12.0. The average molecular weight is 305 g/mol. The molecule has 1 aromatic carbocycles. The second-order valence-corrected chi connectivity index (χ2v) is 5.28. The van der Waals surface area contributed by atoms with E-state index in [-0.39, 0.29) is 23.7 Å². The number of hydrogen-bond donors (Lipinski definition) is 2. The van der Waals surface area contributed by atoms with Crippen molar-refractivity contribution in [1.82, 2.24) is 15.1 Å². The predicted molar refractivity (Wildman–Crippen MR) is 81.3 cm³/mol. The summed E-state index contributed by atoms with van der Waals surface area (Å²) in [7, 11) is 0. The molecule has 2 aromatic rings. The van der Waals surface area contributed by atoms with Gasteiger partial charge in [0.05, 0.1) is 6.10 Å². The maximum atomic E-state index is 14.1. The molecular formula is C16H20FN3O2. The number of amides is 1. The Bertz CT molecular complexity index is 628. The third-order valence-corrected chi connectivity index (χ3v) is 3.73. The summed E-state index contributed by atoms with van der Waals surface area (Å²) >= 11 is 0. The summed E-state index contributed by atoms with van der Waals surface area (Å²) in [5.74, 6) is -0.841. The fourth-order valence-corrected chi connectivity index (χ4v) is 2.02. The summed E-state index contributed by atoms with van der Waals surface area (Å²) in [6.45, 7) is 4.03. The predicted octanol–water partition coefficient (Wildman–Crippen LogP) is 2.15. The topological polar surface area (TPSA) is 67.2 Å². The van der Waals surface area contributed by atoms with Crippen LogP contribution in [0.3, 0.4) is 0 Å². The molecule has 0 aliphatic rings. The number of aromatic nitrogens is 2. The van der Waals surface area contributed by atoms with Crippen molar-refractivity contribution in [3.05, 3.63) is 48.0 Å². The SMILES string of the molecule is CCC(C)C(O)CNC(=O)c1ccc(-n2cccn2)c(F)c1. The molecule has 118 valence electrons. The van der Waals surface area contributed by atoms with Gasteiger partial charge in [-0.25, -0.2) is 9.07 Å². The number of aliphatic hydroxyl groups is 1. The Morgan fingerprint density at radius 3 is 2.86 bits per heavy atom. The van der Waals surface area contributed by atoms with E-state index in [1.54, 1.807) is 18.5 Å². The van der Waals surface area contributed by atoms with Crippen LogP contribution in [-0.4, -0.2) is 33.4 Å². The van der Waals surface area contributed by atoms with Crippen molar-refractivity contribution in [1.29, 1.82) is 0 Å². The number of hydrogen-bond acceptors (Lipinski definition) is 3. The highest BCUT2D eigenvalue weighted by Crippen LogP contribution is 2.14. The van der Waals surface area contributed by atoms with Crippen LogP contribution in [0.5, 0.6) is 0 Å². The Morgan fingerprint density at radius 2 is 2.27 bits per heavy atom. The van der Waals surface area contributed by atoms with Crippen LogP contribution in [0.25, 0.3) is 5.69 Å². The zero-order valence-corrected chi connectivity index (χ0v) is 12.7. The van der Waals surface area contributed by atoms with Gasteiger partial charge >= 0.3 is 0 Å². The number of carbonyl (C=O) groups excluding carboxylic acids is 1. The summed E-state index contributed by atoms with van der Waals surface area (Å²) in [5, 5.41) is 16.4. The van der Waals surface area contributed by atoms with Gasteiger partial charge < -0.3 is 10.4 Å². The van der Waals surface area contributed by atoms with Crippen molar-refractivity contribution in [2.45, 2.75) is 26.4 Å². The first kappa shape index (κ1) is 16.2. The van der Waals surface area contributed by atoms with Gasteiger partial charge in [-0.15, -0.1) is 0 Å². The van der Waals surface area contributed by atoms with Gasteiger partial charge in [-0.1, -0.05) is 20.3 Å². The standard InChI is InChI=1S/C16H20FN3O2/c1-3-11(2)15(21)10-18-16(22)12-5-6-14(13(17)9-12)20-8-4-7-19-20/h4-9,11,15,21H,3,10H2,1-2H3,(H,18,22). The molecule has 0 saturated heterocycles. The fraction of sp³-hybridized carbons (Fsp3) is 0.375. The highest BCUT2D eigenvalue weighted by molar-refractivity contribution is 5.94. The third kappa shape index (κ3) is 3.71. The number of halogens is 1. The van der Waals surface area contributed by atoms with Crippen LogP contribution < -0.4 is 5.32 Å². The summed E-state index contributed by atoms with van der Waals surface area (Å²) in [5.41, 5.74) is 0.492. The monoisotopic (exact) mass is 305 g/mol. The van der Waals surface area contributed by atoms with Crippen molar-refractivity contribution in [2.24, 2.45) is 5.92 Å². The highest BCUT2D eigenvalue weighted by Gasteiger charge is 2.15. The fourth-order valence-electron chi connectivity index (χ4n) is 2.02. The minimum atomic E-state index is -0.609. The van der Waals surface area contributed by atoms with Crippen LogP contribution >= 0.6 is 0 Å². The number of aliphatic hydroxyl groups excluding tert-OH is 1. The van der Waals surface area contributed by atoms with E-state index in [0.717, 1.165) is 6.42 Å². The van der Waals surface area contributed by atoms with Crippen LogP contribution in [0.15, 0.2) is 36.7 Å². The Hall–Kier alpha value is -2.21. The molecule has 5 nitrogen and oxygen atoms in total. The van der Waals surface area contributed by atoms with Crippen LogP contribution in [0.2, 0.25) is 0 Å². The number of nitrogens with zero attached hydrogens (tertiary/aromatic N) is 2. The van der Waals surface area contributed by atoms with E-state index in [2.05, 4.69) is 10.4 Å². The lowest BCUT2D eigenvalue weighted by Crippen LogP contribution is -2.35. The first-order chi connectivity index (χ1) is 10.5. The van der Waals surface area contributed by atoms with Crippen LogP contribution in [-0.2, 0) is 0 Å². The van der Waals surface area contributed by atoms with E-state index < -0.39 is 17.8 Å². The van der Waals surface area contributed by atoms with E-state index in [9.17, 15) is 14.3 Å². The minimum absolute atomic E-state index is 0.0965. The first-order valence-corrected chi connectivity index (χ1v) is 7.28. The molecule has 0 bridgehead atoms. The second kappa shape index (κ2) is 7.17. The maximum Gasteiger partial charge on any atom is 0.251 e. The summed E-state index contributed by atoms with van der Waals surface area (Å²) in [6.07, 6.45) is 3.39. The highest BCUT2D eigenvalue weighted by atomic mass is 19.1. The molecule has 6 heteroatoms. The van der Waals surface area contributed by atoms with Gasteiger partial charge in [-0.2, -0.15) is 5.10 Å². The van der Waals surface area contributed by atoms with E-state index >= 15 is 0 Å². The van der Waals surface area contributed by atoms with Gasteiger partial charge in [0.2, 0.25) is 0 Å². The van der Waals surface area contributed by atoms with Gasteiger partial charge in [0, 0.05) is 24.5 Å². The molecule has 1 aromatic heterocycles. The van der Waals surface area contributed by atoms with Crippen molar-refractivity contribution in [3.63, 3.8) is 0 Å². The molecule has 0 aliphatic carbocycles. The minimum Gasteiger partial charge on any atom is -0.391 e. The molecule has 2 atom stereocenters. The second-order valence-electron chi connectivity index (χ2n) is 5.28. The molecule has 1 amide bonds. The smallest absolute Gasteiger partial charge is 0.251 e. The molecule has 1 heterocycles. The van der Waals surface area contributed by atoms with Gasteiger partial charge in [-0.05, 0) is 30.2 Å². The summed E-state index contributed by atoms with van der Waals surface area (Å²) in [6, 6.07) is 5.89. The molecule has 0 aliphatic heterocycles.